The monoisotopic (exact) mass is 222 g/mol. The summed E-state index contributed by atoms with van der Waals surface area (Å²) in [6, 6.07) is 1.38. The third-order valence-corrected chi connectivity index (χ3v) is 1.69. The largest absolute Gasteiger partial charge is 0.385 e. The summed E-state index contributed by atoms with van der Waals surface area (Å²) in [4.78, 5) is 2.46. The predicted octanol–water partition coefficient (Wildman–Crippen LogP) is 2.28. The molecule has 2 N–H and O–H groups in total. The number of thiol groups is 1. The molecule has 0 radical (unpaired) electrons. The number of hydrogen-bond donors (Lipinski definition) is 2. The zero-order valence-electron chi connectivity index (χ0n) is 9.24. The van der Waals surface area contributed by atoms with Gasteiger partial charge in [-0.15, -0.1) is 12.6 Å². The number of nitrogens with two attached hydrogens (primary N) is 1. The predicted molar refractivity (Wildman–Crippen MR) is 68.4 cm³/mol. The van der Waals surface area contributed by atoms with Crippen LogP contribution in [0.4, 0.5) is 0 Å². The van der Waals surface area contributed by atoms with E-state index in [0.29, 0.717) is 12.1 Å². The van der Waals surface area contributed by atoms with Crippen molar-refractivity contribution in [3.8, 4) is 0 Å². The summed E-state index contributed by atoms with van der Waals surface area (Å²) in [5.74, 6) is 0. The van der Waals surface area contributed by atoms with E-state index in [1.54, 1.807) is 0 Å². The molecule has 0 amide bonds. The molecule has 0 spiro atoms. The van der Waals surface area contributed by atoms with Crippen molar-refractivity contribution in [3.63, 3.8) is 0 Å². The first kappa shape index (κ1) is 15.7. The van der Waals surface area contributed by atoms with Crippen molar-refractivity contribution >= 4 is 29.2 Å². The van der Waals surface area contributed by atoms with Gasteiger partial charge in [-0.3, -0.25) is 4.90 Å². The summed E-state index contributed by atoms with van der Waals surface area (Å²) in [5, 5.41) is 0. The molecule has 0 aromatic heterocycles. The molecule has 0 aliphatic carbocycles. The van der Waals surface area contributed by atoms with Gasteiger partial charge in [0.2, 0.25) is 0 Å². The van der Waals surface area contributed by atoms with E-state index in [0.717, 1.165) is 6.54 Å². The highest BCUT2D eigenvalue weighted by Gasteiger charge is 2.08. The molecule has 0 saturated heterocycles. The molecule has 0 fully saturated rings. The molecule has 4 heteroatoms. The van der Waals surface area contributed by atoms with Crippen LogP contribution in [-0.2, 0) is 0 Å². The van der Waals surface area contributed by atoms with E-state index in [9.17, 15) is 0 Å². The van der Waals surface area contributed by atoms with Gasteiger partial charge in [0.15, 0.2) is 0 Å². The highest BCUT2D eigenvalue weighted by Crippen LogP contribution is 2.02. The van der Waals surface area contributed by atoms with Crippen LogP contribution in [0.2, 0.25) is 0 Å². The van der Waals surface area contributed by atoms with E-state index in [-0.39, 0.29) is 4.32 Å². The minimum Gasteiger partial charge on any atom is -0.385 e. The lowest BCUT2D eigenvalue weighted by Crippen LogP contribution is -2.36. The molecule has 0 aliphatic heterocycles. The molecule has 0 saturated carbocycles. The van der Waals surface area contributed by atoms with Gasteiger partial charge in [-0.2, -0.15) is 0 Å². The molecule has 80 valence electrons. The van der Waals surface area contributed by atoms with Crippen molar-refractivity contribution < 1.29 is 0 Å². The van der Waals surface area contributed by atoms with Gasteiger partial charge in [0.05, 0.1) is 0 Å². The average Bonchev–Trinajstić information content (AvgIpc) is 1.84. The fourth-order valence-corrected chi connectivity index (χ4v) is 1.33. The zero-order valence-corrected chi connectivity index (χ0v) is 11.0. The third kappa shape index (κ3) is 12.2. The van der Waals surface area contributed by atoms with Crippen LogP contribution in [0.25, 0.3) is 0 Å². The lowest BCUT2D eigenvalue weighted by molar-refractivity contribution is 0.185. The Kier molecular flexibility index (Phi) is 10.6. The van der Waals surface area contributed by atoms with Crippen LogP contribution in [-0.4, -0.2) is 27.8 Å². The maximum absolute atomic E-state index is 4.71. The van der Waals surface area contributed by atoms with Crippen molar-refractivity contribution in [2.45, 2.75) is 46.7 Å². The maximum atomic E-state index is 4.71. The molecular formula is C9H22N2S2. The molecule has 0 unspecified atom stereocenters. The van der Waals surface area contributed by atoms with Crippen LogP contribution in [0.15, 0.2) is 0 Å². The third-order valence-electron chi connectivity index (χ3n) is 1.69. The van der Waals surface area contributed by atoms with Gasteiger partial charge in [-0.1, -0.05) is 19.1 Å². The maximum Gasteiger partial charge on any atom is 0.128 e. The molecule has 0 aromatic rings. The topological polar surface area (TPSA) is 29.3 Å². The highest BCUT2D eigenvalue weighted by atomic mass is 32.1. The summed E-state index contributed by atoms with van der Waals surface area (Å²) >= 11 is 7.65. The van der Waals surface area contributed by atoms with E-state index in [1.807, 2.05) is 0 Å². The summed E-state index contributed by atoms with van der Waals surface area (Å²) in [6.07, 6.45) is 0. The SMILES string of the molecule is CCN(C(C)C)C(C)C.NC(=S)S. The van der Waals surface area contributed by atoms with Crippen molar-refractivity contribution in [2.24, 2.45) is 5.73 Å². The van der Waals surface area contributed by atoms with Crippen LogP contribution in [0.3, 0.4) is 0 Å². The van der Waals surface area contributed by atoms with Crippen molar-refractivity contribution in [3.05, 3.63) is 0 Å². The second-order valence-electron chi connectivity index (χ2n) is 3.36. The molecular weight excluding hydrogens is 200 g/mol. The first-order valence-corrected chi connectivity index (χ1v) is 5.42. The van der Waals surface area contributed by atoms with Crippen LogP contribution in [0, 0.1) is 0 Å². The Bertz CT molecular complexity index is 124. The Morgan fingerprint density at radius 2 is 1.54 bits per heavy atom. The van der Waals surface area contributed by atoms with Crippen LogP contribution >= 0.6 is 24.8 Å². The smallest absolute Gasteiger partial charge is 0.128 e. The van der Waals surface area contributed by atoms with Crippen LogP contribution in [0.5, 0.6) is 0 Å². The lowest BCUT2D eigenvalue weighted by atomic mass is 10.2. The molecule has 0 bridgehead atoms. The standard InChI is InChI=1S/C8H19N.CH3NS2/c1-6-9(7(2)3)8(4)5;2-1(3)4/h7-8H,6H2,1-5H3;(H3,2,3,4). The van der Waals surface area contributed by atoms with E-state index in [4.69, 9.17) is 5.73 Å². The first-order valence-electron chi connectivity index (χ1n) is 4.57. The molecule has 13 heavy (non-hydrogen) atoms. The second kappa shape index (κ2) is 8.78. The normalized spacial score (nSPS) is 10.2. The van der Waals surface area contributed by atoms with Gasteiger partial charge in [-0.05, 0) is 34.2 Å². The number of hydrogen-bond acceptors (Lipinski definition) is 2. The quantitative estimate of drug-likeness (QED) is 0.567. The molecule has 0 atom stereocenters. The fourth-order valence-electron chi connectivity index (χ4n) is 1.33. The Morgan fingerprint density at radius 1 is 1.31 bits per heavy atom. The average molecular weight is 222 g/mol. The Morgan fingerprint density at radius 3 is 1.54 bits per heavy atom. The van der Waals surface area contributed by atoms with E-state index in [1.165, 1.54) is 0 Å². The van der Waals surface area contributed by atoms with Gasteiger partial charge in [0.1, 0.15) is 4.32 Å². The van der Waals surface area contributed by atoms with Gasteiger partial charge in [0, 0.05) is 12.1 Å². The molecule has 0 rings (SSSR count). The van der Waals surface area contributed by atoms with Crippen LogP contribution in [0.1, 0.15) is 34.6 Å². The van der Waals surface area contributed by atoms with Gasteiger partial charge >= 0.3 is 0 Å². The Labute approximate surface area is 93.3 Å². The summed E-state index contributed by atoms with van der Waals surface area (Å²) in [5.41, 5.74) is 4.71. The highest BCUT2D eigenvalue weighted by molar-refractivity contribution is 8.10. The first-order chi connectivity index (χ1) is 5.82. The number of thiocarbonyl (C=S) groups is 1. The van der Waals surface area contributed by atoms with Crippen molar-refractivity contribution in [2.75, 3.05) is 6.54 Å². The lowest BCUT2D eigenvalue weighted by Gasteiger charge is -2.28. The zero-order chi connectivity index (χ0) is 11.0. The number of rotatable bonds is 3. The molecule has 2 nitrogen and oxygen atoms in total. The number of nitrogens with zero attached hydrogens (tertiary/aromatic N) is 1. The fraction of sp³-hybridized carbons (Fsp3) is 0.889. The van der Waals surface area contributed by atoms with Gasteiger partial charge < -0.3 is 5.73 Å². The van der Waals surface area contributed by atoms with Gasteiger partial charge in [-0.25, -0.2) is 0 Å². The van der Waals surface area contributed by atoms with Gasteiger partial charge in [0.25, 0.3) is 0 Å². The Balaban J connectivity index is 0. The minimum absolute atomic E-state index is 0.194. The van der Waals surface area contributed by atoms with E-state index in [2.05, 4.69) is 64.4 Å². The summed E-state index contributed by atoms with van der Waals surface area (Å²) < 4.78 is 0.194. The van der Waals surface area contributed by atoms with Crippen molar-refractivity contribution in [1.29, 1.82) is 0 Å². The minimum atomic E-state index is 0.194. The molecule has 0 aliphatic rings. The summed E-state index contributed by atoms with van der Waals surface area (Å²) in [7, 11) is 0. The van der Waals surface area contributed by atoms with Crippen molar-refractivity contribution in [1.82, 2.24) is 4.90 Å². The Hall–Kier alpha value is 0.200. The van der Waals surface area contributed by atoms with E-state index >= 15 is 0 Å². The molecule has 0 aromatic carbocycles. The molecule has 0 heterocycles. The van der Waals surface area contributed by atoms with E-state index < -0.39 is 0 Å². The summed E-state index contributed by atoms with van der Waals surface area (Å²) in [6.45, 7) is 12.3. The van der Waals surface area contributed by atoms with Crippen LogP contribution < -0.4 is 5.73 Å². The second-order valence-corrected chi connectivity index (χ2v) is 4.58.